The van der Waals surface area contributed by atoms with Gasteiger partial charge in [0.15, 0.2) is 10.9 Å². The summed E-state index contributed by atoms with van der Waals surface area (Å²) >= 11 is 6.34. The zero-order valence-corrected chi connectivity index (χ0v) is 16.6. The number of benzene rings is 2. The van der Waals surface area contributed by atoms with E-state index in [0.717, 1.165) is 23.9 Å². The van der Waals surface area contributed by atoms with Gasteiger partial charge in [-0.2, -0.15) is 13.2 Å². The third kappa shape index (κ3) is 5.73. The first-order valence-corrected chi connectivity index (χ1v) is 10.4. The van der Waals surface area contributed by atoms with E-state index in [9.17, 15) is 31.2 Å². The molecule has 0 bridgehead atoms. The van der Waals surface area contributed by atoms with Crippen molar-refractivity contribution in [3.63, 3.8) is 0 Å². The predicted octanol–water partition coefficient (Wildman–Crippen LogP) is 4.62. The van der Waals surface area contributed by atoms with Crippen LogP contribution in [0.2, 0.25) is 5.02 Å². The Morgan fingerprint density at radius 1 is 1.11 bits per heavy atom. The van der Waals surface area contributed by atoms with Crippen molar-refractivity contribution < 1.29 is 31.2 Å². The molecule has 0 unspecified atom stereocenters. The van der Waals surface area contributed by atoms with E-state index in [1.165, 1.54) is 31.2 Å². The molecule has 150 valence electrons. The third-order valence-electron chi connectivity index (χ3n) is 3.42. The van der Waals surface area contributed by atoms with E-state index in [1.807, 2.05) is 0 Å². The standard InChI is InChI=1S/C17H13ClF3NO4S2/c1-10(23)27-9-16(24)11-2-4-12(5-3-11)22-28(25,26)13-6-7-15(18)14(8-13)17(19,20)21/h2-8,22H,9H2,1H3. The fourth-order valence-corrected chi connectivity index (χ4v) is 3.89. The number of carbonyl (C=O) groups is 2. The first-order chi connectivity index (χ1) is 12.9. The van der Waals surface area contributed by atoms with Crippen LogP contribution >= 0.6 is 23.4 Å². The van der Waals surface area contributed by atoms with Crippen molar-refractivity contribution in [2.75, 3.05) is 10.5 Å². The second kappa shape index (κ2) is 8.54. The number of hydrogen-bond acceptors (Lipinski definition) is 5. The molecule has 0 aliphatic carbocycles. The van der Waals surface area contributed by atoms with E-state index in [4.69, 9.17) is 11.6 Å². The van der Waals surface area contributed by atoms with Crippen molar-refractivity contribution in [3.05, 3.63) is 58.6 Å². The zero-order valence-electron chi connectivity index (χ0n) is 14.2. The monoisotopic (exact) mass is 451 g/mol. The normalized spacial score (nSPS) is 11.9. The first-order valence-electron chi connectivity index (χ1n) is 7.56. The summed E-state index contributed by atoms with van der Waals surface area (Å²) in [4.78, 5) is 22.2. The van der Waals surface area contributed by atoms with Crippen LogP contribution in [0.25, 0.3) is 0 Å². The Morgan fingerprint density at radius 2 is 1.71 bits per heavy atom. The van der Waals surface area contributed by atoms with Crippen LogP contribution in [-0.4, -0.2) is 25.1 Å². The molecule has 0 aliphatic heterocycles. The number of halogens is 4. The maximum Gasteiger partial charge on any atom is 0.417 e. The average Bonchev–Trinajstić information content (AvgIpc) is 2.59. The molecule has 2 aromatic rings. The summed E-state index contributed by atoms with van der Waals surface area (Å²) in [5.74, 6) is -0.368. The summed E-state index contributed by atoms with van der Waals surface area (Å²) in [7, 11) is -4.31. The number of carbonyl (C=O) groups excluding carboxylic acids is 2. The Hall–Kier alpha value is -2.04. The zero-order chi connectivity index (χ0) is 21.1. The largest absolute Gasteiger partial charge is 0.417 e. The Balaban J connectivity index is 2.21. The molecule has 11 heteroatoms. The Bertz CT molecular complexity index is 1010. The lowest BCUT2D eigenvalue weighted by atomic mass is 10.1. The van der Waals surface area contributed by atoms with E-state index < -0.39 is 31.7 Å². The molecule has 0 heterocycles. The number of anilines is 1. The van der Waals surface area contributed by atoms with Gasteiger partial charge in [-0.05, 0) is 42.5 Å². The summed E-state index contributed by atoms with van der Waals surface area (Å²) in [5, 5.41) is -0.823. The maximum atomic E-state index is 12.9. The minimum Gasteiger partial charge on any atom is -0.293 e. The van der Waals surface area contributed by atoms with Gasteiger partial charge in [0.2, 0.25) is 0 Å². The van der Waals surface area contributed by atoms with Crippen LogP contribution in [0, 0.1) is 0 Å². The van der Waals surface area contributed by atoms with Crippen molar-refractivity contribution in [1.29, 1.82) is 0 Å². The molecule has 2 rings (SSSR count). The molecule has 0 aromatic heterocycles. The highest BCUT2D eigenvalue weighted by atomic mass is 35.5. The molecule has 0 saturated heterocycles. The molecule has 2 aromatic carbocycles. The molecular formula is C17H13ClF3NO4S2. The minimum atomic E-state index is -4.80. The fraction of sp³-hybridized carbons (Fsp3) is 0.176. The fourth-order valence-electron chi connectivity index (χ4n) is 2.08. The SMILES string of the molecule is CC(=O)SCC(=O)c1ccc(NS(=O)(=O)c2ccc(Cl)c(C(F)(F)F)c2)cc1. The topological polar surface area (TPSA) is 80.3 Å². The van der Waals surface area contributed by atoms with Gasteiger partial charge in [-0.1, -0.05) is 23.4 Å². The third-order valence-corrected chi connectivity index (χ3v) is 5.94. The molecule has 0 atom stereocenters. The van der Waals surface area contributed by atoms with Crippen LogP contribution in [0.4, 0.5) is 18.9 Å². The molecule has 1 N–H and O–H groups in total. The van der Waals surface area contributed by atoms with Crippen LogP contribution in [0.1, 0.15) is 22.8 Å². The lowest BCUT2D eigenvalue weighted by Gasteiger charge is -2.12. The van der Waals surface area contributed by atoms with Gasteiger partial charge in [0.1, 0.15) is 0 Å². The molecule has 0 spiro atoms. The van der Waals surface area contributed by atoms with Crippen LogP contribution in [0.15, 0.2) is 47.4 Å². The lowest BCUT2D eigenvalue weighted by Crippen LogP contribution is -2.15. The smallest absolute Gasteiger partial charge is 0.293 e. The summed E-state index contributed by atoms with van der Waals surface area (Å²) < 4.78 is 65.6. The summed E-state index contributed by atoms with van der Waals surface area (Å²) in [6, 6.07) is 7.55. The Kier molecular flexibility index (Phi) is 6.79. The van der Waals surface area contributed by atoms with Gasteiger partial charge < -0.3 is 0 Å². The van der Waals surface area contributed by atoms with Crippen molar-refractivity contribution >= 4 is 50.0 Å². The quantitative estimate of drug-likeness (QED) is 0.648. The highest BCUT2D eigenvalue weighted by Crippen LogP contribution is 2.36. The molecule has 0 aliphatic rings. The van der Waals surface area contributed by atoms with E-state index in [2.05, 4.69) is 4.72 Å². The van der Waals surface area contributed by atoms with Crippen LogP contribution < -0.4 is 4.72 Å². The van der Waals surface area contributed by atoms with E-state index >= 15 is 0 Å². The number of hydrogen-bond donors (Lipinski definition) is 1. The molecule has 5 nitrogen and oxygen atoms in total. The Labute approximate surface area is 168 Å². The van der Waals surface area contributed by atoms with Gasteiger partial charge in [-0.15, -0.1) is 0 Å². The lowest BCUT2D eigenvalue weighted by molar-refractivity contribution is -0.137. The molecule has 28 heavy (non-hydrogen) atoms. The van der Waals surface area contributed by atoms with Gasteiger partial charge in [0.05, 0.1) is 21.2 Å². The molecule has 0 amide bonds. The van der Waals surface area contributed by atoms with Crippen LogP contribution in [0.3, 0.4) is 0 Å². The molecule has 0 fully saturated rings. The predicted molar refractivity (Wildman–Crippen MR) is 101 cm³/mol. The van der Waals surface area contributed by atoms with Crippen molar-refractivity contribution in [3.8, 4) is 0 Å². The van der Waals surface area contributed by atoms with Gasteiger partial charge in [-0.3, -0.25) is 14.3 Å². The molecular weight excluding hydrogens is 439 g/mol. The number of Topliss-reactive ketones (excluding diaryl/α,β-unsaturated/α-hetero) is 1. The summed E-state index contributed by atoms with van der Waals surface area (Å²) in [6.07, 6.45) is -4.80. The number of thioether (sulfide) groups is 1. The summed E-state index contributed by atoms with van der Waals surface area (Å²) in [6.45, 7) is 1.33. The van der Waals surface area contributed by atoms with Crippen molar-refractivity contribution in [2.24, 2.45) is 0 Å². The number of sulfonamides is 1. The van der Waals surface area contributed by atoms with Crippen LogP contribution in [0.5, 0.6) is 0 Å². The first kappa shape index (κ1) is 22.3. The average molecular weight is 452 g/mol. The van der Waals surface area contributed by atoms with Gasteiger partial charge >= 0.3 is 6.18 Å². The Morgan fingerprint density at radius 3 is 2.25 bits per heavy atom. The van der Waals surface area contributed by atoms with Crippen molar-refractivity contribution in [2.45, 2.75) is 18.0 Å². The maximum absolute atomic E-state index is 12.9. The van der Waals surface area contributed by atoms with E-state index in [-0.39, 0.29) is 27.9 Å². The molecule has 0 radical (unpaired) electrons. The van der Waals surface area contributed by atoms with Gasteiger partial charge in [-0.25, -0.2) is 8.42 Å². The van der Waals surface area contributed by atoms with E-state index in [1.54, 1.807) is 0 Å². The number of rotatable bonds is 6. The molecule has 0 saturated carbocycles. The summed E-state index contributed by atoms with van der Waals surface area (Å²) in [5.41, 5.74) is -0.942. The number of nitrogens with one attached hydrogen (secondary N) is 1. The van der Waals surface area contributed by atoms with Crippen molar-refractivity contribution in [1.82, 2.24) is 0 Å². The number of alkyl halides is 3. The second-order valence-electron chi connectivity index (χ2n) is 5.53. The minimum absolute atomic E-state index is 0.0502. The highest BCUT2D eigenvalue weighted by molar-refractivity contribution is 8.14. The number of ketones is 1. The van der Waals surface area contributed by atoms with Gasteiger partial charge in [0.25, 0.3) is 10.0 Å². The highest BCUT2D eigenvalue weighted by Gasteiger charge is 2.34. The van der Waals surface area contributed by atoms with Gasteiger partial charge in [0, 0.05) is 18.2 Å². The second-order valence-corrected chi connectivity index (χ2v) is 8.77. The van der Waals surface area contributed by atoms with Crippen LogP contribution in [-0.2, 0) is 21.0 Å². The van der Waals surface area contributed by atoms with E-state index in [0.29, 0.717) is 6.07 Å².